The van der Waals surface area contributed by atoms with E-state index < -0.39 is 9.76 Å². The summed E-state index contributed by atoms with van der Waals surface area (Å²) in [6, 6.07) is 30.2. The first-order valence-electron chi connectivity index (χ1n) is 8.62. The lowest BCUT2D eigenvalue weighted by atomic mass is 9.92. The zero-order valence-corrected chi connectivity index (χ0v) is 15.6. The van der Waals surface area contributed by atoms with Gasteiger partial charge in [0.1, 0.15) is 0 Å². The molecule has 0 heterocycles. The first kappa shape index (κ1) is 16.7. The highest BCUT2D eigenvalue weighted by Crippen LogP contribution is 2.24. The van der Waals surface area contributed by atoms with Crippen LogP contribution in [0.25, 0.3) is 0 Å². The molecule has 0 aromatic heterocycles. The van der Waals surface area contributed by atoms with Gasteiger partial charge in [0, 0.05) is 12.5 Å². The molecule has 0 radical (unpaired) electrons. The summed E-state index contributed by atoms with van der Waals surface area (Å²) in [5.41, 5.74) is 4.03. The maximum atomic E-state index is 6.20. The van der Waals surface area contributed by atoms with Crippen molar-refractivity contribution in [3.63, 3.8) is 0 Å². The number of benzene rings is 3. The molecule has 0 spiro atoms. The molecule has 0 unspecified atom stereocenters. The first-order chi connectivity index (χ1) is 11.9. The Morgan fingerprint density at radius 1 is 0.750 bits per heavy atom. The number of aryl methyl sites for hydroxylation is 1. The minimum absolute atomic E-state index is 0.301. The SMILES string of the molecule is CCc1ccc([SiH2]OCC(c2ccccc2)c2ccccc2)cc1. The summed E-state index contributed by atoms with van der Waals surface area (Å²) in [5, 5.41) is 1.37. The molecule has 0 aliphatic carbocycles. The maximum absolute atomic E-state index is 6.20. The van der Waals surface area contributed by atoms with E-state index in [0.717, 1.165) is 13.0 Å². The van der Waals surface area contributed by atoms with Crippen LogP contribution in [-0.4, -0.2) is 16.4 Å². The minimum Gasteiger partial charge on any atom is -0.418 e. The Morgan fingerprint density at radius 3 is 1.79 bits per heavy atom. The maximum Gasteiger partial charge on any atom is 0.192 e. The van der Waals surface area contributed by atoms with Crippen LogP contribution in [0.15, 0.2) is 84.9 Å². The van der Waals surface area contributed by atoms with Crippen LogP contribution in [0.1, 0.15) is 29.5 Å². The molecule has 0 amide bonds. The predicted molar refractivity (Wildman–Crippen MR) is 105 cm³/mol. The molecular weight excluding hydrogens is 308 g/mol. The van der Waals surface area contributed by atoms with Crippen molar-refractivity contribution in [2.24, 2.45) is 0 Å². The summed E-state index contributed by atoms with van der Waals surface area (Å²) in [6.07, 6.45) is 1.09. The van der Waals surface area contributed by atoms with Crippen molar-refractivity contribution in [3.05, 3.63) is 102 Å². The smallest absolute Gasteiger partial charge is 0.192 e. The average molecular weight is 333 g/mol. The fourth-order valence-electron chi connectivity index (χ4n) is 2.92. The third-order valence-corrected chi connectivity index (χ3v) is 5.63. The van der Waals surface area contributed by atoms with E-state index >= 15 is 0 Å². The summed E-state index contributed by atoms with van der Waals surface area (Å²) in [6.45, 7) is 2.93. The Balaban J connectivity index is 1.68. The van der Waals surface area contributed by atoms with Gasteiger partial charge in [-0.3, -0.25) is 0 Å². The highest BCUT2D eigenvalue weighted by atomic mass is 28.2. The van der Waals surface area contributed by atoms with Crippen molar-refractivity contribution in [1.82, 2.24) is 0 Å². The van der Waals surface area contributed by atoms with E-state index in [0.29, 0.717) is 5.92 Å². The Kier molecular flexibility index (Phi) is 5.99. The van der Waals surface area contributed by atoms with Gasteiger partial charge in [0.05, 0.1) is 0 Å². The second kappa shape index (κ2) is 8.62. The van der Waals surface area contributed by atoms with E-state index in [-0.39, 0.29) is 0 Å². The molecule has 3 aromatic carbocycles. The van der Waals surface area contributed by atoms with E-state index in [2.05, 4.69) is 91.9 Å². The molecule has 3 rings (SSSR count). The zero-order valence-electron chi connectivity index (χ0n) is 14.2. The standard InChI is InChI=1S/C22H24OSi/c1-2-18-13-15-21(16-14-18)24-23-17-22(19-9-5-3-6-10-19)20-11-7-4-8-12-20/h3-16,22H,2,17,24H2,1H3. The number of hydrogen-bond donors (Lipinski definition) is 0. The van der Waals surface area contributed by atoms with Crippen molar-refractivity contribution >= 4 is 14.9 Å². The van der Waals surface area contributed by atoms with E-state index in [1.807, 2.05) is 0 Å². The van der Waals surface area contributed by atoms with Gasteiger partial charge in [-0.05, 0) is 28.3 Å². The van der Waals surface area contributed by atoms with E-state index in [1.54, 1.807) is 0 Å². The molecule has 2 heteroatoms. The Morgan fingerprint density at radius 2 is 1.29 bits per heavy atom. The largest absolute Gasteiger partial charge is 0.418 e. The predicted octanol–water partition coefficient (Wildman–Crippen LogP) is 3.81. The normalized spacial score (nSPS) is 11.4. The Labute approximate surface area is 147 Å². The van der Waals surface area contributed by atoms with Crippen LogP contribution < -0.4 is 5.19 Å². The van der Waals surface area contributed by atoms with Gasteiger partial charge in [0.15, 0.2) is 9.76 Å². The molecule has 0 fully saturated rings. The summed E-state index contributed by atoms with van der Waals surface area (Å²) in [4.78, 5) is 0. The summed E-state index contributed by atoms with van der Waals surface area (Å²) in [7, 11) is -0.688. The molecule has 0 saturated heterocycles. The number of hydrogen-bond acceptors (Lipinski definition) is 1. The molecule has 0 saturated carbocycles. The van der Waals surface area contributed by atoms with Crippen LogP contribution >= 0.6 is 0 Å². The number of rotatable bonds is 7. The summed E-state index contributed by atoms with van der Waals surface area (Å²) in [5.74, 6) is 0.301. The average Bonchev–Trinajstić information content (AvgIpc) is 2.67. The van der Waals surface area contributed by atoms with Crippen molar-refractivity contribution in [3.8, 4) is 0 Å². The van der Waals surface area contributed by atoms with Gasteiger partial charge in [-0.15, -0.1) is 0 Å². The van der Waals surface area contributed by atoms with Crippen LogP contribution in [0.4, 0.5) is 0 Å². The molecule has 24 heavy (non-hydrogen) atoms. The van der Waals surface area contributed by atoms with Gasteiger partial charge in [0.25, 0.3) is 0 Å². The van der Waals surface area contributed by atoms with Crippen LogP contribution in [0.5, 0.6) is 0 Å². The molecule has 0 bridgehead atoms. The van der Waals surface area contributed by atoms with Gasteiger partial charge in [-0.25, -0.2) is 0 Å². The summed E-state index contributed by atoms with van der Waals surface area (Å²) >= 11 is 0. The molecule has 122 valence electrons. The van der Waals surface area contributed by atoms with Crippen LogP contribution in [0.3, 0.4) is 0 Å². The fraction of sp³-hybridized carbons (Fsp3) is 0.182. The van der Waals surface area contributed by atoms with Crippen LogP contribution in [0.2, 0.25) is 0 Å². The van der Waals surface area contributed by atoms with Crippen LogP contribution in [0, 0.1) is 0 Å². The van der Waals surface area contributed by atoms with Crippen molar-refractivity contribution < 1.29 is 4.43 Å². The molecular formula is C22H24OSi. The Hall–Kier alpha value is -2.16. The van der Waals surface area contributed by atoms with Crippen LogP contribution in [-0.2, 0) is 10.8 Å². The van der Waals surface area contributed by atoms with Crippen molar-refractivity contribution in [1.29, 1.82) is 0 Å². The second-order valence-corrected chi connectivity index (χ2v) is 7.57. The molecule has 0 aliphatic heterocycles. The lowest BCUT2D eigenvalue weighted by Gasteiger charge is -2.18. The first-order valence-corrected chi connectivity index (χ1v) is 9.90. The highest BCUT2D eigenvalue weighted by Gasteiger charge is 2.13. The van der Waals surface area contributed by atoms with Gasteiger partial charge in [-0.1, -0.05) is 91.9 Å². The van der Waals surface area contributed by atoms with Gasteiger partial charge in [0.2, 0.25) is 0 Å². The third kappa shape index (κ3) is 4.44. The van der Waals surface area contributed by atoms with E-state index in [4.69, 9.17) is 4.43 Å². The van der Waals surface area contributed by atoms with Crippen molar-refractivity contribution in [2.45, 2.75) is 19.3 Å². The molecule has 1 nitrogen and oxygen atoms in total. The molecule has 0 N–H and O–H groups in total. The molecule has 0 atom stereocenters. The van der Waals surface area contributed by atoms with Gasteiger partial charge in [-0.2, -0.15) is 0 Å². The Bertz CT molecular complexity index is 683. The quantitative estimate of drug-likeness (QED) is 0.598. The lowest BCUT2D eigenvalue weighted by molar-refractivity contribution is 0.325. The van der Waals surface area contributed by atoms with Gasteiger partial charge >= 0.3 is 0 Å². The fourth-order valence-corrected chi connectivity index (χ4v) is 3.94. The minimum atomic E-state index is -0.688. The highest BCUT2D eigenvalue weighted by molar-refractivity contribution is 6.46. The lowest BCUT2D eigenvalue weighted by Crippen LogP contribution is -2.21. The molecule has 3 aromatic rings. The summed E-state index contributed by atoms with van der Waals surface area (Å²) < 4.78 is 6.20. The van der Waals surface area contributed by atoms with E-state index in [1.165, 1.54) is 21.9 Å². The monoisotopic (exact) mass is 332 g/mol. The van der Waals surface area contributed by atoms with E-state index in [9.17, 15) is 0 Å². The van der Waals surface area contributed by atoms with Crippen molar-refractivity contribution in [2.75, 3.05) is 6.61 Å². The molecule has 0 aliphatic rings. The second-order valence-electron chi connectivity index (χ2n) is 6.06. The zero-order chi connectivity index (χ0) is 16.6. The van der Waals surface area contributed by atoms with Gasteiger partial charge < -0.3 is 4.43 Å². The topological polar surface area (TPSA) is 9.23 Å². The third-order valence-electron chi connectivity index (χ3n) is 4.39.